The number of methoxy groups -OCH3 is 1. The van der Waals surface area contributed by atoms with Crippen molar-refractivity contribution >= 4 is 52.3 Å². The molecule has 4 heterocycles. The summed E-state index contributed by atoms with van der Waals surface area (Å²) < 4.78 is 35.2. The van der Waals surface area contributed by atoms with Gasteiger partial charge in [0.05, 0.1) is 35.0 Å². The molecular formula is C33H43FN9O2P. The van der Waals surface area contributed by atoms with Crippen LogP contribution in [0.3, 0.4) is 0 Å². The summed E-state index contributed by atoms with van der Waals surface area (Å²) in [4.78, 5) is 25.2. The highest BCUT2D eigenvalue weighted by atomic mass is 31.2. The summed E-state index contributed by atoms with van der Waals surface area (Å²) in [5, 5.41) is 7.14. The number of halogens is 1. The first-order valence-corrected chi connectivity index (χ1v) is 18.3. The minimum absolute atomic E-state index is 0.119. The van der Waals surface area contributed by atoms with Crippen LogP contribution in [-0.2, 0) is 4.57 Å². The van der Waals surface area contributed by atoms with Crippen LogP contribution in [0.25, 0.3) is 11.0 Å². The lowest BCUT2D eigenvalue weighted by Gasteiger charge is -2.43. The molecule has 2 N–H and O–H groups in total. The SMILES string of the molecule is COc1c(Nc2ncc(C)c(Nc3ccc4nccnc4c3P(C)(C)=O)n2)cc(C)c(N2CCC(N3CCN(C)CC3)CC2)c1F. The van der Waals surface area contributed by atoms with Crippen molar-refractivity contribution < 1.29 is 13.7 Å². The minimum Gasteiger partial charge on any atom is -0.492 e. The molecule has 4 aromatic rings. The van der Waals surface area contributed by atoms with Crippen molar-refractivity contribution in [3.05, 3.63) is 53.7 Å². The van der Waals surface area contributed by atoms with Crippen molar-refractivity contribution in [2.24, 2.45) is 0 Å². The number of rotatable bonds is 8. The third-order valence-electron chi connectivity index (χ3n) is 9.05. The van der Waals surface area contributed by atoms with Crippen LogP contribution in [0.5, 0.6) is 5.75 Å². The van der Waals surface area contributed by atoms with Crippen LogP contribution in [-0.4, -0.2) is 103 Å². The van der Waals surface area contributed by atoms with Crippen LogP contribution in [0.2, 0.25) is 0 Å². The highest BCUT2D eigenvalue weighted by Crippen LogP contribution is 2.42. The maximum absolute atomic E-state index is 16.2. The first-order chi connectivity index (χ1) is 22.0. The molecule has 2 aliphatic heterocycles. The zero-order valence-corrected chi connectivity index (χ0v) is 28.4. The zero-order chi connectivity index (χ0) is 32.6. The quantitative estimate of drug-likeness (QED) is 0.248. The predicted octanol–water partition coefficient (Wildman–Crippen LogP) is 5.14. The molecule has 0 spiro atoms. The van der Waals surface area contributed by atoms with E-state index in [-0.39, 0.29) is 11.7 Å². The number of fused-ring (bicyclic) bond motifs is 1. The highest BCUT2D eigenvalue weighted by molar-refractivity contribution is 7.71. The number of likely N-dealkylation sites (N-methyl/N-ethyl adjacent to an activating group) is 1. The Balaban J connectivity index is 1.23. The number of hydrogen-bond acceptors (Lipinski definition) is 11. The van der Waals surface area contributed by atoms with E-state index in [2.05, 4.69) is 47.3 Å². The summed E-state index contributed by atoms with van der Waals surface area (Å²) in [5.74, 6) is 0.515. The fraction of sp³-hybridized carbons (Fsp3) is 0.455. The molecule has 0 radical (unpaired) electrons. The molecular weight excluding hydrogens is 604 g/mol. The largest absolute Gasteiger partial charge is 0.492 e. The number of benzene rings is 2. The molecule has 2 fully saturated rings. The predicted molar refractivity (Wildman–Crippen MR) is 184 cm³/mol. The van der Waals surface area contributed by atoms with Crippen molar-refractivity contribution in [2.45, 2.75) is 32.7 Å². The van der Waals surface area contributed by atoms with E-state index in [0.717, 1.165) is 63.2 Å². The maximum Gasteiger partial charge on any atom is 0.229 e. The first-order valence-electron chi connectivity index (χ1n) is 15.7. The summed E-state index contributed by atoms with van der Waals surface area (Å²) in [6.45, 7) is 13.2. The van der Waals surface area contributed by atoms with Crippen molar-refractivity contribution in [3.63, 3.8) is 0 Å². The van der Waals surface area contributed by atoms with Gasteiger partial charge in [-0.15, -0.1) is 0 Å². The van der Waals surface area contributed by atoms with Gasteiger partial charge in [0, 0.05) is 69.5 Å². The van der Waals surface area contributed by atoms with E-state index in [1.807, 2.05) is 32.0 Å². The fourth-order valence-electron chi connectivity index (χ4n) is 6.62. The fourth-order valence-corrected chi connectivity index (χ4v) is 8.01. The summed E-state index contributed by atoms with van der Waals surface area (Å²) in [6, 6.07) is 6.12. The van der Waals surface area contributed by atoms with E-state index in [9.17, 15) is 4.57 Å². The summed E-state index contributed by atoms with van der Waals surface area (Å²) in [5.41, 5.74) is 4.51. The number of anilines is 5. The zero-order valence-electron chi connectivity index (χ0n) is 27.5. The average Bonchev–Trinajstić information content (AvgIpc) is 3.03. The van der Waals surface area contributed by atoms with Crippen LogP contribution in [0.1, 0.15) is 24.0 Å². The lowest BCUT2D eigenvalue weighted by Crippen LogP contribution is -2.52. The Morgan fingerprint density at radius 1 is 0.935 bits per heavy atom. The normalized spacial score (nSPS) is 17.0. The van der Waals surface area contributed by atoms with Crippen LogP contribution >= 0.6 is 7.14 Å². The van der Waals surface area contributed by atoms with Crippen molar-refractivity contribution in [1.82, 2.24) is 29.7 Å². The van der Waals surface area contributed by atoms with E-state index in [4.69, 9.17) is 9.72 Å². The van der Waals surface area contributed by atoms with E-state index in [1.165, 1.54) is 7.11 Å². The van der Waals surface area contributed by atoms with Gasteiger partial charge in [-0.2, -0.15) is 4.98 Å². The number of hydrogen-bond donors (Lipinski definition) is 2. The van der Waals surface area contributed by atoms with Gasteiger partial charge >= 0.3 is 0 Å². The Kier molecular flexibility index (Phi) is 9.14. The second-order valence-corrected chi connectivity index (χ2v) is 15.9. The van der Waals surface area contributed by atoms with Crippen molar-refractivity contribution in [3.8, 4) is 5.75 Å². The lowest BCUT2D eigenvalue weighted by atomic mass is 10.00. The molecule has 6 rings (SSSR count). The molecule has 2 aromatic heterocycles. The molecule has 0 amide bonds. The second kappa shape index (κ2) is 13.1. The van der Waals surface area contributed by atoms with Gasteiger partial charge in [-0.25, -0.2) is 9.37 Å². The second-order valence-electron chi connectivity index (χ2n) is 12.7. The lowest BCUT2D eigenvalue weighted by molar-refractivity contribution is 0.0981. The number of nitrogens with one attached hydrogen (secondary N) is 2. The van der Waals surface area contributed by atoms with Gasteiger partial charge in [-0.05, 0) is 70.8 Å². The third kappa shape index (κ3) is 6.52. The minimum atomic E-state index is -2.76. The molecule has 2 saturated heterocycles. The number of nitrogens with zero attached hydrogens (tertiary/aromatic N) is 7. The number of aromatic nitrogens is 4. The standard InChI is InChI=1S/C33H43FN9O2P/c1-21-19-26(30(45-4)27(34)29(21)43-13-9-23(10-14-43)42-17-15-41(3)16-18-42)39-33-37-20-22(2)32(40-33)38-25-8-7-24-28(36-12-11-35-24)31(25)46(5,6)44/h7-8,11-12,19-20,23H,9-10,13-18H2,1-6H3,(H2,37,38,39,40). The monoisotopic (exact) mass is 647 g/mol. The van der Waals surface area contributed by atoms with Crippen LogP contribution in [0.4, 0.5) is 33.2 Å². The molecule has 0 unspecified atom stereocenters. The van der Waals surface area contributed by atoms with E-state index in [1.54, 1.807) is 31.9 Å². The Hall–Kier alpha value is -3.86. The van der Waals surface area contributed by atoms with Gasteiger partial charge in [0.15, 0.2) is 11.6 Å². The van der Waals surface area contributed by atoms with Crippen LogP contribution in [0, 0.1) is 19.7 Å². The molecule has 13 heteroatoms. The molecule has 244 valence electrons. The Bertz CT molecular complexity index is 1780. The highest BCUT2D eigenvalue weighted by Gasteiger charge is 2.30. The van der Waals surface area contributed by atoms with E-state index < -0.39 is 13.0 Å². The number of ether oxygens (including phenoxy) is 1. The van der Waals surface area contributed by atoms with Crippen molar-refractivity contribution in [1.29, 1.82) is 0 Å². The summed E-state index contributed by atoms with van der Waals surface area (Å²) >= 11 is 0. The molecule has 46 heavy (non-hydrogen) atoms. The number of aryl methyl sites for hydroxylation is 2. The van der Waals surface area contributed by atoms with E-state index >= 15 is 4.39 Å². The molecule has 0 atom stereocenters. The van der Waals surface area contributed by atoms with Crippen LogP contribution < -0.4 is 25.6 Å². The molecule has 2 aliphatic rings. The smallest absolute Gasteiger partial charge is 0.229 e. The molecule has 2 aromatic carbocycles. The van der Waals surface area contributed by atoms with Gasteiger partial charge in [0.25, 0.3) is 0 Å². The topological polar surface area (TPSA) is 112 Å². The molecule has 11 nitrogen and oxygen atoms in total. The van der Waals surface area contributed by atoms with Gasteiger partial charge in [0.2, 0.25) is 5.95 Å². The van der Waals surface area contributed by atoms with Gasteiger partial charge in [-0.1, -0.05) is 0 Å². The number of piperazine rings is 1. The Morgan fingerprint density at radius 2 is 1.65 bits per heavy atom. The van der Waals surface area contributed by atoms with Gasteiger partial charge < -0.3 is 29.7 Å². The molecule has 0 saturated carbocycles. The van der Waals surface area contributed by atoms with Crippen molar-refractivity contribution in [2.75, 3.05) is 82.3 Å². The maximum atomic E-state index is 16.2. The Labute approximate surface area is 270 Å². The summed E-state index contributed by atoms with van der Waals surface area (Å²) in [6.07, 6.45) is 6.92. The summed E-state index contributed by atoms with van der Waals surface area (Å²) in [7, 11) is 0.888. The van der Waals surface area contributed by atoms with E-state index in [0.29, 0.717) is 45.3 Å². The first kappa shape index (κ1) is 32.1. The number of piperidine rings is 1. The van der Waals surface area contributed by atoms with Gasteiger partial charge in [-0.3, -0.25) is 14.9 Å². The Morgan fingerprint density at radius 3 is 2.35 bits per heavy atom. The third-order valence-corrected chi connectivity index (χ3v) is 10.6. The average molecular weight is 648 g/mol. The van der Waals surface area contributed by atoms with Gasteiger partial charge in [0.1, 0.15) is 18.5 Å². The van der Waals surface area contributed by atoms with Crippen LogP contribution in [0.15, 0.2) is 36.8 Å². The molecule has 0 bridgehead atoms. The molecule has 0 aliphatic carbocycles.